The van der Waals surface area contributed by atoms with Crippen LogP contribution in [0.3, 0.4) is 0 Å². The van der Waals surface area contributed by atoms with Gasteiger partial charge < -0.3 is 20.3 Å². The lowest BCUT2D eigenvalue weighted by molar-refractivity contribution is 0.188. The number of hydrogen-bond acceptors (Lipinski definition) is 4. The lowest BCUT2D eigenvalue weighted by Crippen LogP contribution is -2.31. The van der Waals surface area contributed by atoms with Crippen molar-refractivity contribution in [2.24, 2.45) is 0 Å². The van der Waals surface area contributed by atoms with E-state index in [1.165, 1.54) is 12.1 Å². The van der Waals surface area contributed by atoms with Crippen molar-refractivity contribution >= 4 is 0 Å². The second kappa shape index (κ2) is 4.72. The molecule has 0 amide bonds. The maximum absolute atomic E-state index is 9.70. The number of ether oxygens (including phenoxy) is 1. The lowest BCUT2D eigenvalue weighted by Gasteiger charge is -2.19. The molecular formula is C12H17NO3. The highest BCUT2D eigenvalue weighted by Gasteiger charge is 2.19. The van der Waals surface area contributed by atoms with Crippen LogP contribution in [-0.4, -0.2) is 29.5 Å². The second-order valence-corrected chi connectivity index (χ2v) is 4.19. The molecule has 2 atom stereocenters. The number of phenolic OH excluding ortho intramolecular Hbond substituents is 2. The average Bonchev–Trinajstić information content (AvgIpc) is 2.74. The topological polar surface area (TPSA) is 61.7 Å². The molecule has 1 saturated heterocycles. The van der Waals surface area contributed by atoms with E-state index < -0.39 is 0 Å². The molecule has 1 heterocycles. The van der Waals surface area contributed by atoms with E-state index in [1.54, 1.807) is 6.07 Å². The zero-order valence-electron chi connectivity index (χ0n) is 9.31. The Bertz CT molecular complexity index is 361. The summed E-state index contributed by atoms with van der Waals surface area (Å²) in [6, 6.07) is 4.90. The van der Waals surface area contributed by atoms with Crippen LogP contribution in [0.2, 0.25) is 0 Å². The number of nitrogens with one attached hydrogen (secondary N) is 1. The molecule has 1 aliphatic rings. The van der Waals surface area contributed by atoms with E-state index in [2.05, 4.69) is 5.32 Å². The number of rotatable bonds is 3. The van der Waals surface area contributed by atoms with Gasteiger partial charge in [-0.15, -0.1) is 0 Å². The van der Waals surface area contributed by atoms with Crippen molar-refractivity contribution in [2.45, 2.75) is 25.4 Å². The van der Waals surface area contributed by atoms with Gasteiger partial charge in [0.25, 0.3) is 0 Å². The smallest absolute Gasteiger partial charge is 0.120 e. The maximum Gasteiger partial charge on any atom is 0.120 e. The summed E-state index contributed by atoms with van der Waals surface area (Å²) < 4.78 is 5.27. The molecule has 1 aromatic rings. The van der Waals surface area contributed by atoms with Crippen molar-refractivity contribution < 1.29 is 14.9 Å². The molecule has 4 nitrogen and oxygen atoms in total. The first kappa shape index (κ1) is 11.2. The first-order valence-electron chi connectivity index (χ1n) is 5.52. The van der Waals surface area contributed by atoms with E-state index in [9.17, 15) is 10.2 Å². The molecule has 2 rings (SSSR count). The molecule has 4 heteroatoms. The van der Waals surface area contributed by atoms with Gasteiger partial charge in [-0.3, -0.25) is 0 Å². The van der Waals surface area contributed by atoms with Crippen molar-refractivity contribution in [3.63, 3.8) is 0 Å². The summed E-state index contributed by atoms with van der Waals surface area (Å²) >= 11 is 0. The summed E-state index contributed by atoms with van der Waals surface area (Å²) in [4.78, 5) is 0. The largest absolute Gasteiger partial charge is 0.508 e. The van der Waals surface area contributed by atoms with Gasteiger partial charge in [0.15, 0.2) is 0 Å². The third-order valence-corrected chi connectivity index (χ3v) is 2.89. The number of aromatic hydroxyl groups is 2. The predicted octanol–water partition coefficient (Wildman–Crippen LogP) is 1.54. The van der Waals surface area contributed by atoms with Crippen molar-refractivity contribution in [3.8, 4) is 11.5 Å². The lowest BCUT2D eigenvalue weighted by atomic mass is 10.1. The number of benzene rings is 1. The summed E-state index contributed by atoms with van der Waals surface area (Å²) in [5, 5.41) is 22.4. The predicted molar refractivity (Wildman–Crippen MR) is 60.5 cm³/mol. The Kier molecular flexibility index (Phi) is 3.31. The molecule has 0 aliphatic carbocycles. The van der Waals surface area contributed by atoms with E-state index in [-0.39, 0.29) is 17.5 Å². The van der Waals surface area contributed by atoms with Crippen molar-refractivity contribution in [3.05, 3.63) is 23.8 Å². The minimum atomic E-state index is -0.00111. The molecule has 1 fully saturated rings. The summed E-state index contributed by atoms with van der Waals surface area (Å²) in [5.41, 5.74) is 0.715. The van der Waals surface area contributed by atoms with E-state index in [4.69, 9.17) is 4.74 Å². The van der Waals surface area contributed by atoms with Gasteiger partial charge in [0.05, 0.1) is 6.61 Å². The zero-order chi connectivity index (χ0) is 11.5. The molecule has 3 N–H and O–H groups in total. The van der Waals surface area contributed by atoms with E-state index in [0.717, 1.165) is 13.0 Å². The average molecular weight is 223 g/mol. The van der Waals surface area contributed by atoms with Crippen molar-refractivity contribution in [1.82, 2.24) is 5.32 Å². The van der Waals surface area contributed by atoms with Crippen LogP contribution < -0.4 is 5.32 Å². The van der Waals surface area contributed by atoms with Crippen LogP contribution in [-0.2, 0) is 4.74 Å². The van der Waals surface area contributed by atoms with E-state index in [1.807, 2.05) is 6.92 Å². The Morgan fingerprint density at radius 2 is 2.25 bits per heavy atom. The first-order valence-corrected chi connectivity index (χ1v) is 5.52. The van der Waals surface area contributed by atoms with Gasteiger partial charge in [0.2, 0.25) is 0 Å². The SMILES string of the molecule is CC(NC1CCOC1)c1cc(O)ccc1O. The Morgan fingerprint density at radius 1 is 1.44 bits per heavy atom. The first-order chi connectivity index (χ1) is 7.66. The molecule has 88 valence electrons. The Balaban J connectivity index is 2.07. The van der Waals surface area contributed by atoms with E-state index >= 15 is 0 Å². The van der Waals surface area contributed by atoms with Crippen LogP contribution in [0.15, 0.2) is 18.2 Å². The van der Waals surface area contributed by atoms with Crippen LogP contribution in [0, 0.1) is 0 Å². The highest BCUT2D eigenvalue weighted by atomic mass is 16.5. The normalized spacial score (nSPS) is 22.2. The monoisotopic (exact) mass is 223 g/mol. The summed E-state index contributed by atoms with van der Waals surface area (Å²) in [6.07, 6.45) is 0.990. The fourth-order valence-electron chi connectivity index (χ4n) is 2.00. The molecular weight excluding hydrogens is 206 g/mol. The van der Waals surface area contributed by atoms with Crippen molar-refractivity contribution in [2.75, 3.05) is 13.2 Å². The molecule has 0 saturated carbocycles. The Hall–Kier alpha value is -1.26. The van der Waals surface area contributed by atoms with Gasteiger partial charge in [-0.1, -0.05) is 0 Å². The quantitative estimate of drug-likeness (QED) is 0.680. The van der Waals surface area contributed by atoms with Crippen LogP contribution >= 0.6 is 0 Å². The van der Waals surface area contributed by atoms with Gasteiger partial charge in [0, 0.05) is 24.3 Å². The Labute approximate surface area is 94.9 Å². The van der Waals surface area contributed by atoms with Gasteiger partial charge >= 0.3 is 0 Å². The molecule has 16 heavy (non-hydrogen) atoms. The molecule has 2 unspecified atom stereocenters. The molecule has 0 radical (unpaired) electrons. The van der Waals surface area contributed by atoms with Crippen LogP contribution in [0.5, 0.6) is 11.5 Å². The number of hydrogen-bond donors (Lipinski definition) is 3. The molecule has 0 aromatic heterocycles. The third-order valence-electron chi connectivity index (χ3n) is 2.89. The fourth-order valence-corrected chi connectivity index (χ4v) is 2.00. The fraction of sp³-hybridized carbons (Fsp3) is 0.500. The molecule has 1 aliphatic heterocycles. The van der Waals surface area contributed by atoms with Gasteiger partial charge in [-0.25, -0.2) is 0 Å². The summed E-state index contributed by atoms with van der Waals surface area (Å²) in [6.45, 7) is 3.47. The number of phenols is 2. The molecule has 1 aromatic carbocycles. The third kappa shape index (κ3) is 2.46. The maximum atomic E-state index is 9.70. The van der Waals surface area contributed by atoms with Crippen LogP contribution in [0.1, 0.15) is 24.9 Å². The van der Waals surface area contributed by atoms with Crippen molar-refractivity contribution in [1.29, 1.82) is 0 Å². The minimum Gasteiger partial charge on any atom is -0.508 e. The zero-order valence-corrected chi connectivity index (χ0v) is 9.31. The van der Waals surface area contributed by atoms with Gasteiger partial charge in [-0.2, -0.15) is 0 Å². The van der Waals surface area contributed by atoms with Gasteiger partial charge in [-0.05, 0) is 31.5 Å². The van der Waals surface area contributed by atoms with Crippen LogP contribution in [0.4, 0.5) is 0 Å². The molecule has 0 bridgehead atoms. The summed E-state index contributed by atoms with van der Waals surface area (Å²) in [7, 11) is 0. The molecule has 0 spiro atoms. The summed E-state index contributed by atoms with van der Waals surface area (Å²) in [5.74, 6) is 0.376. The Morgan fingerprint density at radius 3 is 2.94 bits per heavy atom. The highest BCUT2D eigenvalue weighted by Crippen LogP contribution is 2.28. The minimum absolute atomic E-state index is 0.00111. The highest BCUT2D eigenvalue weighted by molar-refractivity contribution is 5.40. The second-order valence-electron chi connectivity index (χ2n) is 4.19. The van der Waals surface area contributed by atoms with E-state index in [0.29, 0.717) is 18.2 Å². The van der Waals surface area contributed by atoms with Crippen LogP contribution in [0.25, 0.3) is 0 Å². The van der Waals surface area contributed by atoms with Gasteiger partial charge in [0.1, 0.15) is 11.5 Å². The standard InChI is InChI=1S/C12H17NO3/c1-8(13-9-4-5-16-7-9)11-6-10(14)2-3-12(11)15/h2-3,6,8-9,13-15H,4-5,7H2,1H3.